The van der Waals surface area contributed by atoms with E-state index in [1.54, 1.807) is 30.3 Å². The van der Waals surface area contributed by atoms with E-state index >= 15 is 0 Å². The fourth-order valence-corrected chi connectivity index (χ4v) is 1.83. The summed E-state index contributed by atoms with van der Waals surface area (Å²) in [5, 5.41) is 0. The summed E-state index contributed by atoms with van der Waals surface area (Å²) in [6.45, 7) is 3.44. The van der Waals surface area contributed by atoms with Crippen LogP contribution in [0.5, 0.6) is 5.75 Å². The van der Waals surface area contributed by atoms with E-state index in [2.05, 4.69) is 0 Å². The molecule has 0 fully saturated rings. The number of para-hydroxylation sites is 1. The molecule has 2 rings (SSSR count). The summed E-state index contributed by atoms with van der Waals surface area (Å²) in [7, 11) is 0. The molecule has 21 heavy (non-hydrogen) atoms. The number of esters is 1. The Hall–Kier alpha value is -2.68. The second-order valence-electron chi connectivity index (χ2n) is 4.72. The van der Waals surface area contributed by atoms with Crippen LogP contribution in [0.1, 0.15) is 28.4 Å². The molecule has 0 aliphatic heterocycles. The Bertz CT molecular complexity index is 682. The summed E-state index contributed by atoms with van der Waals surface area (Å²) >= 11 is 0. The average molecular weight is 280 g/mol. The summed E-state index contributed by atoms with van der Waals surface area (Å²) in [6.07, 6.45) is 3.03. The predicted molar refractivity (Wildman–Crippen MR) is 82.3 cm³/mol. The number of benzene rings is 2. The molecule has 2 aromatic carbocycles. The minimum Gasteiger partial charge on any atom is -0.423 e. The van der Waals surface area contributed by atoms with Gasteiger partial charge in [0, 0.05) is 6.08 Å². The number of carbonyl (C=O) groups is 2. The van der Waals surface area contributed by atoms with Crippen LogP contribution in [0.3, 0.4) is 0 Å². The summed E-state index contributed by atoms with van der Waals surface area (Å²) in [5.74, 6) is -0.367. The first kappa shape index (κ1) is 14.7. The molecule has 0 saturated heterocycles. The third-order valence-electron chi connectivity index (χ3n) is 2.97. The molecule has 0 amide bonds. The predicted octanol–water partition coefficient (Wildman–Crippen LogP) is 3.82. The Morgan fingerprint density at radius 2 is 1.67 bits per heavy atom. The van der Waals surface area contributed by atoms with E-state index in [-0.39, 0.29) is 11.5 Å². The van der Waals surface area contributed by atoms with Crippen LogP contribution in [0.25, 0.3) is 6.08 Å². The van der Waals surface area contributed by atoms with Crippen molar-refractivity contribution in [1.29, 1.82) is 0 Å². The van der Waals surface area contributed by atoms with Crippen molar-refractivity contribution in [2.75, 3.05) is 0 Å². The quantitative estimate of drug-likeness (QED) is 0.370. The molecule has 0 bridgehead atoms. The smallest absolute Gasteiger partial charge is 0.336 e. The maximum absolute atomic E-state index is 11.8. The molecule has 0 aliphatic carbocycles. The largest absolute Gasteiger partial charge is 0.423 e. The van der Waals surface area contributed by atoms with E-state index in [1.807, 2.05) is 31.2 Å². The van der Waals surface area contributed by atoms with Gasteiger partial charge in [-0.3, -0.25) is 4.79 Å². The zero-order chi connectivity index (χ0) is 15.2. The molecule has 0 unspecified atom stereocenters. The highest BCUT2D eigenvalue weighted by atomic mass is 16.5. The van der Waals surface area contributed by atoms with Crippen molar-refractivity contribution in [1.82, 2.24) is 0 Å². The fraction of sp³-hybridized carbons (Fsp3) is 0.111. The lowest BCUT2D eigenvalue weighted by molar-refractivity contribution is -0.128. The molecule has 3 nitrogen and oxygen atoms in total. The Kier molecular flexibility index (Phi) is 4.67. The normalized spacial score (nSPS) is 10.6. The van der Waals surface area contributed by atoms with Gasteiger partial charge in [0.05, 0.1) is 5.56 Å². The van der Waals surface area contributed by atoms with Crippen LogP contribution in [0.15, 0.2) is 54.6 Å². The molecular formula is C18H16O3. The molecule has 0 radical (unpaired) electrons. The number of ketones is 1. The van der Waals surface area contributed by atoms with Crippen LogP contribution in [-0.4, -0.2) is 11.8 Å². The number of carbonyl (C=O) groups excluding carboxylic acids is 2. The Balaban J connectivity index is 2.08. The molecule has 2 aromatic rings. The second kappa shape index (κ2) is 6.66. The van der Waals surface area contributed by atoms with Gasteiger partial charge in [0.1, 0.15) is 5.75 Å². The van der Waals surface area contributed by atoms with Gasteiger partial charge in [0.25, 0.3) is 0 Å². The molecule has 0 heterocycles. The SMILES string of the molecule is CC(=O)c1ccccc1OC(=O)C=Cc1ccc(C)cc1. The van der Waals surface area contributed by atoms with Gasteiger partial charge < -0.3 is 4.74 Å². The van der Waals surface area contributed by atoms with Crippen LogP contribution in [0.4, 0.5) is 0 Å². The van der Waals surface area contributed by atoms with Crippen molar-refractivity contribution < 1.29 is 14.3 Å². The van der Waals surface area contributed by atoms with Crippen molar-refractivity contribution in [3.05, 3.63) is 71.3 Å². The van der Waals surface area contributed by atoms with Crippen molar-refractivity contribution in [2.45, 2.75) is 13.8 Å². The van der Waals surface area contributed by atoms with Crippen LogP contribution >= 0.6 is 0 Å². The van der Waals surface area contributed by atoms with Crippen molar-refractivity contribution >= 4 is 17.8 Å². The molecule has 0 atom stereocenters. The number of hydrogen-bond donors (Lipinski definition) is 0. The fourth-order valence-electron chi connectivity index (χ4n) is 1.83. The van der Waals surface area contributed by atoms with Crippen molar-refractivity contribution in [2.24, 2.45) is 0 Å². The third kappa shape index (κ3) is 4.14. The summed E-state index contributed by atoms with van der Waals surface area (Å²) in [6, 6.07) is 14.5. The second-order valence-corrected chi connectivity index (χ2v) is 4.72. The summed E-state index contributed by atoms with van der Waals surface area (Å²) in [5.41, 5.74) is 2.47. The zero-order valence-corrected chi connectivity index (χ0v) is 12.0. The first-order valence-corrected chi connectivity index (χ1v) is 6.63. The van der Waals surface area contributed by atoms with Crippen LogP contribution < -0.4 is 4.74 Å². The number of Topliss-reactive ketones (excluding diaryl/α,β-unsaturated/α-hetero) is 1. The van der Waals surface area contributed by atoms with Gasteiger partial charge in [-0.1, -0.05) is 42.0 Å². The lowest BCUT2D eigenvalue weighted by atomic mass is 10.1. The van der Waals surface area contributed by atoms with E-state index in [1.165, 1.54) is 13.0 Å². The van der Waals surface area contributed by atoms with E-state index in [0.717, 1.165) is 11.1 Å². The van der Waals surface area contributed by atoms with Gasteiger partial charge in [-0.25, -0.2) is 4.79 Å². The zero-order valence-electron chi connectivity index (χ0n) is 12.0. The molecular weight excluding hydrogens is 264 g/mol. The Labute approximate surface area is 123 Å². The highest BCUT2D eigenvalue weighted by Crippen LogP contribution is 2.18. The highest BCUT2D eigenvalue weighted by Gasteiger charge is 2.09. The van der Waals surface area contributed by atoms with Gasteiger partial charge in [-0.05, 0) is 37.6 Å². The molecule has 0 spiro atoms. The maximum Gasteiger partial charge on any atom is 0.336 e. The van der Waals surface area contributed by atoms with Crippen molar-refractivity contribution in [3.63, 3.8) is 0 Å². The number of ether oxygens (including phenoxy) is 1. The standard InChI is InChI=1S/C18H16O3/c1-13-7-9-15(10-8-13)11-12-18(20)21-17-6-4-3-5-16(17)14(2)19/h3-12H,1-2H3. The minimum absolute atomic E-state index is 0.138. The Morgan fingerprint density at radius 1 is 1.00 bits per heavy atom. The average Bonchev–Trinajstić information content (AvgIpc) is 2.47. The highest BCUT2D eigenvalue weighted by molar-refractivity contribution is 5.98. The first-order valence-electron chi connectivity index (χ1n) is 6.63. The van der Waals surface area contributed by atoms with Gasteiger partial charge in [0.2, 0.25) is 0 Å². The number of aryl methyl sites for hydroxylation is 1. The van der Waals surface area contributed by atoms with Crippen LogP contribution in [-0.2, 0) is 4.79 Å². The maximum atomic E-state index is 11.8. The van der Waals surface area contributed by atoms with E-state index in [0.29, 0.717) is 5.56 Å². The van der Waals surface area contributed by atoms with E-state index in [4.69, 9.17) is 4.74 Å². The molecule has 0 N–H and O–H groups in total. The van der Waals surface area contributed by atoms with Gasteiger partial charge >= 0.3 is 5.97 Å². The number of rotatable bonds is 4. The molecule has 0 aliphatic rings. The molecule has 106 valence electrons. The molecule has 0 saturated carbocycles. The van der Waals surface area contributed by atoms with Gasteiger partial charge in [0.15, 0.2) is 5.78 Å². The minimum atomic E-state index is -0.510. The van der Waals surface area contributed by atoms with E-state index in [9.17, 15) is 9.59 Å². The molecule has 3 heteroatoms. The lowest BCUT2D eigenvalue weighted by Gasteiger charge is -2.05. The third-order valence-corrected chi connectivity index (χ3v) is 2.97. The monoisotopic (exact) mass is 280 g/mol. The lowest BCUT2D eigenvalue weighted by Crippen LogP contribution is -2.07. The van der Waals surface area contributed by atoms with Crippen LogP contribution in [0, 0.1) is 6.92 Å². The van der Waals surface area contributed by atoms with Gasteiger partial charge in [-0.15, -0.1) is 0 Å². The summed E-state index contributed by atoms with van der Waals surface area (Å²) in [4.78, 5) is 23.3. The summed E-state index contributed by atoms with van der Waals surface area (Å²) < 4.78 is 5.21. The van der Waals surface area contributed by atoms with Crippen molar-refractivity contribution in [3.8, 4) is 5.75 Å². The van der Waals surface area contributed by atoms with E-state index < -0.39 is 5.97 Å². The first-order chi connectivity index (χ1) is 10.1. The van der Waals surface area contributed by atoms with Gasteiger partial charge in [-0.2, -0.15) is 0 Å². The molecule has 0 aromatic heterocycles. The Morgan fingerprint density at radius 3 is 2.33 bits per heavy atom. The topological polar surface area (TPSA) is 43.4 Å². The van der Waals surface area contributed by atoms with Crippen LogP contribution in [0.2, 0.25) is 0 Å². The number of hydrogen-bond acceptors (Lipinski definition) is 3.